The van der Waals surface area contributed by atoms with E-state index < -0.39 is 0 Å². The number of halogens is 1. The van der Waals surface area contributed by atoms with Gasteiger partial charge < -0.3 is 19.6 Å². The summed E-state index contributed by atoms with van der Waals surface area (Å²) in [5.41, 5.74) is 2.26. The number of methoxy groups -OCH3 is 1. The van der Waals surface area contributed by atoms with E-state index in [1.54, 1.807) is 13.2 Å². The molecule has 5 heteroatoms. The largest absolute Gasteiger partial charge is 0.504 e. The maximum absolute atomic E-state index is 10.3. The summed E-state index contributed by atoms with van der Waals surface area (Å²) in [6, 6.07) is 13.9. The zero-order chi connectivity index (χ0) is 19.9. The Balaban J connectivity index is 1.48. The van der Waals surface area contributed by atoms with E-state index in [4.69, 9.17) is 16.3 Å². The van der Waals surface area contributed by atoms with Crippen molar-refractivity contribution in [2.75, 3.05) is 40.3 Å². The molecule has 2 aromatic rings. The monoisotopic (exact) mass is 402 g/mol. The molecule has 28 heavy (non-hydrogen) atoms. The molecule has 2 aromatic carbocycles. The van der Waals surface area contributed by atoms with Crippen molar-refractivity contribution in [2.45, 2.75) is 25.8 Å². The minimum absolute atomic E-state index is 0.255. The van der Waals surface area contributed by atoms with Crippen LogP contribution in [0.1, 0.15) is 24.0 Å². The van der Waals surface area contributed by atoms with Crippen molar-refractivity contribution in [2.24, 2.45) is 5.92 Å². The summed E-state index contributed by atoms with van der Waals surface area (Å²) >= 11 is 5.98. The molecule has 0 amide bonds. The topological polar surface area (TPSA) is 35.9 Å². The van der Waals surface area contributed by atoms with E-state index in [0.717, 1.165) is 43.2 Å². The van der Waals surface area contributed by atoms with Crippen molar-refractivity contribution in [3.05, 3.63) is 58.6 Å². The first-order chi connectivity index (χ1) is 13.5. The average Bonchev–Trinajstić information content (AvgIpc) is 2.69. The minimum atomic E-state index is 0.255. The number of para-hydroxylation sites is 1. The van der Waals surface area contributed by atoms with Gasteiger partial charge in [0.15, 0.2) is 11.5 Å². The Morgan fingerprint density at radius 3 is 2.75 bits per heavy atom. The van der Waals surface area contributed by atoms with Gasteiger partial charge in [0.1, 0.15) is 0 Å². The third-order valence-corrected chi connectivity index (χ3v) is 5.80. The van der Waals surface area contributed by atoms with Crippen LogP contribution in [0, 0.1) is 5.92 Å². The van der Waals surface area contributed by atoms with E-state index in [9.17, 15) is 5.11 Å². The van der Waals surface area contributed by atoms with Gasteiger partial charge in [0.2, 0.25) is 0 Å². The molecule has 1 fully saturated rings. The molecule has 1 unspecified atom stereocenters. The summed E-state index contributed by atoms with van der Waals surface area (Å²) in [6.45, 7) is 5.18. The number of benzene rings is 2. The summed E-state index contributed by atoms with van der Waals surface area (Å²) in [5.74, 6) is 1.46. The highest BCUT2D eigenvalue weighted by atomic mass is 35.5. The van der Waals surface area contributed by atoms with E-state index in [2.05, 4.69) is 29.0 Å². The molecule has 0 saturated carbocycles. The zero-order valence-electron chi connectivity index (χ0n) is 16.9. The van der Waals surface area contributed by atoms with Gasteiger partial charge in [-0.2, -0.15) is 0 Å². The number of hydrogen-bond acceptors (Lipinski definition) is 4. The molecular formula is C23H31ClN2O2. The lowest BCUT2D eigenvalue weighted by Crippen LogP contribution is -2.40. The van der Waals surface area contributed by atoms with Crippen molar-refractivity contribution in [3.8, 4) is 11.5 Å². The van der Waals surface area contributed by atoms with Crippen molar-refractivity contribution >= 4 is 11.6 Å². The summed E-state index contributed by atoms with van der Waals surface area (Å²) in [5, 5.41) is 11.1. The standard InChI is InChI=1S/C23H31ClN2O2/c1-25(17-20-6-3-7-22(28-2)23(20)27)15-19-5-4-13-26(16-19)14-12-18-8-10-21(24)11-9-18/h3,6-11,19,27H,4-5,12-17H2,1-2H3. The highest BCUT2D eigenvalue weighted by Crippen LogP contribution is 2.30. The number of nitrogens with zero attached hydrogens (tertiary/aromatic N) is 2. The van der Waals surface area contributed by atoms with Gasteiger partial charge in [-0.1, -0.05) is 35.9 Å². The van der Waals surface area contributed by atoms with Crippen LogP contribution in [0.5, 0.6) is 11.5 Å². The lowest BCUT2D eigenvalue weighted by Gasteiger charge is -2.35. The van der Waals surface area contributed by atoms with Crippen LogP contribution in [-0.2, 0) is 13.0 Å². The Hall–Kier alpha value is -1.75. The summed E-state index contributed by atoms with van der Waals surface area (Å²) < 4.78 is 5.22. The van der Waals surface area contributed by atoms with Crippen LogP contribution < -0.4 is 4.74 Å². The van der Waals surface area contributed by atoms with Crippen molar-refractivity contribution in [1.82, 2.24) is 9.80 Å². The van der Waals surface area contributed by atoms with Gasteiger partial charge in [-0.3, -0.25) is 0 Å². The van der Waals surface area contributed by atoms with E-state index in [1.807, 2.05) is 24.3 Å². The van der Waals surface area contributed by atoms with Crippen LogP contribution in [0.2, 0.25) is 5.02 Å². The molecule has 0 bridgehead atoms. The molecule has 0 aromatic heterocycles. The van der Waals surface area contributed by atoms with Gasteiger partial charge in [0, 0.05) is 36.8 Å². The molecule has 4 nitrogen and oxygen atoms in total. The van der Waals surface area contributed by atoms with Crippen LogP contribution in [0.4, 0.5) is 0 Å². The van der Waals surface area contributed by atoms with Gasteiger partial charge in [-0.15, -0.1) is 0 Å². The summed E-state index contributed by atoms with van der Waals surface area (Å²) in [6.07, 6.45) is 3.59. The van der Waals surface area contributed by atoms with Gasteiger partial charge in [0.05, 0.1) is 7.11 Å². The third kappa shape index (κ3) is 5.87. The Bertz CT molecular complexity index is 751. The van der Waals surface area contributed by atoms with E-state index in [0.29, 0.717) is 11.7 Å². The number of ether oxygens (including phenoxy) is 1. The average molecular weight is 403 g/mol. The summed E-state index contributed by atoms with van der Waals surface area (Å²) in [4.78, 5) is 4.89. The molecule has 152 valence electrons. The van der Waals surface area contributed by atoms with Crippen molar-refractivity contribution in [1.29, 1.82) is 0 Å². The van der Waals surface area contributed by atoms with Crippen molar-refractivity contribution in [3.63, 3.8) is 0 Å². The molecule has 1 saturated heterocycles. The Kier molecular flexibility index (Phi) is 7.60. The quantitative estimate of drug-likeness (QED) is 0.708. The van der Waals surface area contributed by atoms with Gasteiger partial charge in [-0.05, 0) is 62.5 Å². The molecule has 0 spiro atoms. The fraction of sp³-hybridized carbons (Fsp3) is 0.478. The molecule has 1 aliphatic heterocycles. The minimum Gasteiger partial charge on any atom is -0.504 e. The normalized spacial score (nSPS) is 17.8. The number of rotatable bonds is 8. The fourth-order valence-electron chi connectivity index (χ4n) is 4.10. The summed E-state index contributed by atoms with van der Waals surface area (Å²) in [7, 11) is 3.72. The Morgan fingerprint density at radius 2 is 2.00 bits per heavy atom. The first-order valence-electron chi connectivity index (χ1n) is 10.1. The number of phenolic OH excluding ortho intramolecular Hbond substituents is 1. The second-order valence-electron chi connectivity index (χ2n) is 7.85. The van der Waals surface area contributed by atoms with E-state index >= 15 is 0 Å². The van der Waals surface area contributed by atoms with E-state index in [1.165, 1.54) is 24.9 Å². The van der Waals surface area contributed by atoms with Gasteiger partial charge >= 0.3 is 0 Å². The predicted octanol–water partition coefficient (Wildman–Crippen LogP) is 4.44. The third-order valence-electron chi connectivity index (χ3n) is 5.55. The second-order valence-corrected chi connectivity index (χ2v) is 8.29. The molecule has 1 aliphatic rings. The van der Waals surface area contributed by atoms with Crippen LogP contribution in [0.15, 0.2) is 42.5 Å². The first-order valence-corrected chi connectivity index (χ1v) is 10.4. The molecule has 3 rings (SSSR count). The number of likely N-dealkylation sites (tertiary alicyclic amines) is 1. The highest BCUT2D eigenvalue weighted by molar-refractivity contribution is 6.30. The first kappa shape index (κ1) is 21.0. The van der Waals surface area contributed by atoms with Crippen LogP contribution in [-0.4, -0.2) is 55.2 Å². The van der Waals surface area contributed by atoms with Crippen LogP contribution in [0.25, 0.3) is 0 Å². The predicted molar refractivity (Wildman–Crippen MR) is 115 cm³/mol. The molecule has 1 atom stereocenters. The molecule has 1 N–H and O–H groups in total. The maximum Gasteiger partial charge on any atom is 0.162 e. The molecule has 0 radical (unpaired) electrons. The fourth-order valence-corrected chi connectivity index (χ4v) is 4.22. The zero-order valence-corrected chi connectivity index (χ0v) is 17.7. The SMILES string of the molecule is COc1cccc(CN(C)CC2CCCN(CCc3ccc(Cl)cc3)C2)c1O. The lowest BCUT2D eigenvalue weighted by molar-refractivity contribution is 0.142. The number of phenols is 1. The van der Waals surface area contributed by atoms with Crippen molar-refractivity contribution < 1.29 is 9.84 Å². The Morgan fingerprint density at radius 1 is 1.21 bits per heavy atom. The number of aromatic hydroxyl groups is 1. The highest BCUT2D eigenvalue weighted by Gasteiger charge is 2.21. The smallest absolute Gasteiger partial charge is 0.162 e. The maximum atomic E-state index is 10.3. The number of hydrogen-bond donors (Lipinski definition) is 1. The second kappa shape index (κ2) is 10.1. The lowest BCUT2D eigenvalue weighted by atomic mass is 9.97. The van der Waals surface area contributed by atoms with Crippen LogP contribution in [0.3, 0.4) is 0 Å². The molecule has 1 heterocycles. The van der Waals surface area contributed by atoms with Crippen LogP contribution >= 0.6 is 11.6 Å². The molecule has 0 aliphatic carbocycles. The van der Waals surface area contributed by atoms with Gasteiger partial charge in [-0.25, -0.2) is 0 Å². The number of piperidine rings is 1. The molecular weight excluding hydrogens is 372 g/mol. The Labute approximate surface area is 173 Å². The van der Waals surface area contributed by atoms with E-state index in [-0.39, 0.29) is 5.75 Å². The van der Waals surface area contributed by atoms with Gasteiger partial charge in [0.25, 0.3) is 0 Å².